The first-order chi connectivity index (χ1) is 0. The molecular formula is CeLaPrScSmY. The molecule has 0 heterocycles. The van der Waals surface area contributed by atoms with E-state index in [-0.39, 0.29) is 218 Å². The van der Waals surface area contributed by atoms with Gasteiger partial charge in [-0.05, 0) is 0 Å². The van der Waals surface area contributed by atoms with Crippen LogP contribution in [0.4, 0.5) is 0 Å². The van der Waals surface area contributed by atoms with Gasteiger partial charge in [-0.25, -0.2) is 0 Å². The predicted octanol–water partition coefficient (Wildman–Crippen LogP) is -0.00500. The van der Waals surface area contributed by atoms with Gasteiger partial charge in [0, 0.05) is 218 Å². The van der Waals surface area contributed by atoms with Crippen LogP contribution >= 0.6 is 0 Å². The van der Waals surface area contributed by atoms with Crippen LogP contribution in [0.3, 0.4) is 0 Å². The molecule has 0 N–H and O–H groups in total. The summed E-state index contributed by atoms with van der Waals surface area (Å²) >= 11 is 0. The average Bonchev–Trinajstić information content (AvgIpc) is 0. The van der Waals surface area contributed by atoms with Crippen LogP contribution in [0.1, 0.15) is 0 Å². The zero-order valence-corrected chi connectivity index (χ0v) is 20.9. The molecule has 0 amide bonds. The average molecular weight is 704 g/mol. The summed E-state index contributed by atoms with van der Waals surface area (Å²) in [6.07, 6.45) is 0. The van der Waals surface area contributed by atoms with Gasteiger partial charge in [-0.15, -0.1) is 0 Å². The Labute approximate surface area is 210 Å². The normalized spacial score (nSPS) is 0. The van der Waals surface area contributed by atoms with E-state index in [1.54, 1.807) is 0 Å². The molecule has 0 aliphatic heterocycles. The molecule has 0 aliphatic carbocycles. The molecule has 0 fully saturated rings. The van der Waals surface area contributed by atoms with Gasteiger partial charge in [0.05, 0.1) is 0 Å². The number of hydrogen-bond acceptors (Lipinski definition) is 0. The van der Waals surface area contributed by atoms with Crippen molar-refractivity contribution < 1.29 is 218 Å². The van der Waals surface area contributed by atoms with Crippen LogP contribution < -0.4 is 0 Å². The van der Waals surface area contributed by atoms with Crippen molar-refractivity contribution >= 4 is 0 Å². The molecule has 0 nitrogen and oxygen atoms in total. The smallest absolute Gasteiger partial charge is 0 e. The van der Waals surface area contributed by atoms with E-state index in [4.69, 9.17) is 0 Å². The maximum atomic E-state index is 0. The van der Waals surface area contributed by atoms with Crippen LogP contribution in [0, 0.1) is 159 Å². The van der Waals surface area contributed by atoms with Gasteiger partial charge in [-0.1, -0.05) is 0 Å². The van der Waals surface area contributed by atoms with Crippen LogP contribution in [0.2, 0.25) is 0 Å². The summed E-state index contributed by atoms with van der Waals surface area (Å²) in [5, 5.41) is 0. The molecule has 0 saturated carbocycles. The monoisotopic (exact) mass is 706 g/mol. The predicted molar refractivity (Wildman–Crippen MR) is 0 cm³/mol. The molecule has 0 aromatic carbocycles. The van der Waals surface area contributed by atoms with Gasteiger partial charge in [0.25, 0.3) is 0 Å². The third kappa shape index (κ3) is 22.5. The molecule has 0 unspecified atom stereocenters. The summed E-state index contributed by atoms with van der Waals surface area (Å²) < 4.78 is 0. The summed E-state index contributed by atoms with van der Waals surface area (Å²) in [6, 6.07) is 0. The van der Waals surface area contributed by atoms with Crippen LogP contribution in [-0.4, -0.2) is 0 Å². The largest absolute Gasteiger partial charge is 0 e. The fourth-order valence-electron chi connectivity index (χ4n) is 0. The molecule has 0 rings (SSSR count). The Kier molecular flexibility index (Phi) is 186. The quantitative estimate of drug-likeness (QED) is 0.334. The molecule has 0 aliphatic rings. The van der Waals surface area contributed by atoms with Crippen LogP contribution in [-0.2, 0) is 58.6 Å². The van der Waals surface area contributed by atoms with Gasteiger partial charge in [0.2, 0.25) is 0 Å². The molecular weight excluding hydrogens is 704 g/mol. The van der Waals surface area contributed by atoms with Gasteiger partial charge in [0.1, 0.15) is 0 Å². The fourth-order valence-corrected chi connectivity index (χ4v) is 0. The summed E-state index contributed by atoms with van der Waals surface area (Å²) in [5.74, 6) is 0. The summed E-state index contributed by atoms with van der Waals surface area (Å²) in [6.45, 7) is 0. The standard InChI is InChI=1S/Ce.La.Pr.Sc.Sm.Y. The summed E-state index contributed by atoms with van der Waals surface area (Å²) in [4.78, 5) is 0. The molecule has 0 aromatic heterocycles. The molecule has 6 heteroatoms. The second-order valence-corrected chi connectivity index (χ2v) is 0. The molecule has 0 aromatic rings. The second kappa shape index (κ2) is 29.5. The molecule has 6 heavy (non-hydrogen) atoms. The van der Waals surface area contributed by atoms with E-state index < -0.39 is 0 Å². The maximum Gasteiger partial charge on any atom is 0 e. The first kappa shape index (κ1) is 37.8. The Morgan fingerprint density at radius 2 is 1.00 bits per heavy atom. The third-order valence-corrected chi connectivity index (χ3v) is 0. The van der Waals surface area contributed by atoms with Gasteiger partial charge >= 0.3 is 0 Å². The van der Waals surface area contributed by atoms with Gasteiger partial charge < -0.3 is 0 Å². The van der Waals surface area contributed by atoms with Crippen molar-refractivity contribution in [1.29, 1.82) is 0 Å². The Morgan fingerprint density at radius 1 is 1.00 bits per heavy atom. The Morgan fingerprint density at radius 3 is 1.00 bits per heavy atom. The molecule has 0 spiro atoms. The van der Waals surface area contributed by atoms with Crippen molar-refractivity contribution in [2.75, 3.05) is 0 Å². The zero-order valence-electron chi connectivity index (χ0n) is 3.22. The third-order valence-electron chi connectivity index (χ3n) is 0. The van der Waals surface area contributed by atoms with E-state index in [0.29, 0.717) is 0 Å². The fraction of sp³-hybridized carbons (Fsp3) is 0. The minimum Gasteiger partial charge on any atom is 0 e. The Hall–Kier alpha value is 7.25. The zero-order chi connectivity index (χ0) is 0. The van der Waals surface area contributed by atoms with Crippen molar-refractivity contribution in [2.24, 2.45) is 0 Å². The van der Waals surface area contributed by atoms with E-state index in [2.05, 4.69) is 0 Å². The van der Waals surface area contributed by atoms with Crippen molar-refractivity contribution in [1.82, 2.24) is 0 Å². The molecule has 4 radical (unpaired) electrons. The molecule has 0 bridgehead atoms. The molecule has 0 saturated heterocycles. The molecule has 0 atom stereocenters. The molecule has 22 valence electrons. The van der Waals surface area contributed by atoms with E-state index in [1.807, 2.05) is 0 Å². The van der Waals surface area contributed by atoms with Crippen LogP contribution in [0.25, 0.3) is 0 Å². The van der Waals surface area contributed by atoms with E-state index in [9.17, 15) is 0 Å². The minimum atomic E-state index is 0. The van der Waals surface area contributed by atoms with E-state index >= 15 is 0 Å². The van der Waals surface area contributed by atoms with Crippen molar-refractivity contribution in [2.45, 2.75) is 0 Å². The maximum absolute atomic E-state index is 0. The second-order valence-electron chi connectivity index (χ2n) is 0. The Balaban J connectivity index is 0. The van der Waals surface area contributed by atoms with Gasteiger partial charge in [-0.2, -0.15) is 0 Å². The SMILES string of the molecule is [Ce].[La].[Pr].[Sc].[Sm].[Y]. The number of hydrogen-bond donors (Lipinski definition) is 0. The van der Waals surface area contributed by atoms with Crippen molar-refractivity contribution in [3.8, 4) is 0 Å². The van der Waals surface area contributed by atoms with Crippen molar-refractivity contribution in [3.05, 3.63) is 0 Å². The van der Waals surface area contributed by atoms with E-state index in [0.717, 1.165) is 0 Å². The van der Waals surface area contributed by atoms with Crippen LogP contribution in [0.5, 0.6) is 0 Å². The van der Waals surface area contributed by atoms with E-state index in [1.165, 1.54) is 0 Å². The van der Waals surface area contributed by atoms with Gasteiger partial charge in [0.15, 0.2) is 0 Å². The van der Waals surface area contributed by atoms with Crippen LogP contribution in [0.15, 0.2) is 0 Å². The Bertz CT molecular complexity index is 15.5. The minimum absolute atomic E-state index is 0. The van der Waals surface area contributed by atoms with Gasteiger partial charge in [-0.3, -0.25) is 0 Å². The van der Waals surface area contributed by atoms with Crippen molar-refractivity contribution in [3.63, 3.8) is 0 Å². The first-order valence-corrected chi connectivity index (χ1v) is 0. The topological polar surface area (TPSA) is 0 Å². The first-order valence-electron chi connectivity index (χ1n) is 0. The number of rotatable bonds is 0. The summed E-state index contributed by atoms with van der Waals surface area (Å²) in [5.41, 5.74) is 0. The summed E-state index contributed by atoms with van der Waals surface area (Å²) in [7, 11) is 0.